The number of nitrogens with two attached hydrogens (primary N) is 1. The number of anilines is 2. The van der Waals surface area contributed by atoms with E-state index >= 15 is 0 Å². The molecule has 1 aromatic carbocycles. The average Bonchev–Trinajstić information content (AvgIpc) is 3.00. The molecule has 5 nitrogen and oxygen atoms in total. The second kappa shape index (κ2) is 6.73. The van der Waals surface area contributed by atoms with Gasteiger partial charge < -0.3 is 20.3 Å². The smallest absolute Gasteiger partial charge is 0.244 e. The van der Waals surface area contributed by atoms with Crippen LogP contribution in [0.5, 0.6) is 5.75 Å². The van der Waals surface area contributed by atoms with Crippen LogP contribution in [0.1, 0.15) is 25.3 Å². The molecule has 0 radical (unpaired) electrons. The standard InChI is InChI=1S/C17H25N3O2/c1-12(17(18)21)11-13-7-8-14(22-4)16(15(13)19(2)3)20-9-5-6-10-20/h7-8,11H,5-6,9-10H2,1-4H3,(H2,18,21)/b12-11+. The van der Waals surface area contributed by atoms with Gasteiger partial charge in [-0.3, -0.25) is 4.79 Å². The number of hydrogen-bond acceptors (Lipinski definition) is 4. The summed E-state index contributed by atoms with van der Waals surface area (Å²) in [5, 5.41) is 0. The molecule has 1 fully saturated rings. The van der Waals surface area contributed by atoms with Gasteiger partial charge in [-0.1, -0.05) is 0 Å². The Morgan fingerprint density at radius 1 is 1.32 bits per heavy atom. The van der Waals surface area contributed by atoms with E-state index in [0.717, 1.165) is 35.8 Å². The van der Waals surface area contributed by atoms with Gasteiger partial charge in [-0.2, -0.15) is 0 Å². The van der Waals surface area contributed by atoms with Gasteiger partial charge in [-0.25, -0.2) is 0 Å². The van der Waals surface area contributed by atoms with Crippen molar-refractivity contribution in [3.63, 3.8) is 0 Å². The Labute approximate surface area is 132 Å². The molecule has 0 spiro atoms. The fraction of sp³-hybridized carbons (Fsp3) is 0.471. The Bertz CT molecular complexity index is 588. The SMILES string of the molecule is COc1ccc(/C=C(\C)C(N)=O)c(N(C)C)c1N1CCCC1. The molecule has 1 aliphatic rings. The fourth-order valence-corrected chi connectivity index (χ4v) is 2.88. The summed E-state index contributed by atoms with van der Waals surface area (Å²) in [5.41, 5.74) is 9.04. The van der Waals surface area contributed by atoms with Crippen LogP contribution in [-0.2, 0) is 4.79 Å². The maximum absolute atomic E-state index is 11.4. The first-order valence-electron chi connectivity index (χ1n) is 7.57. The largest absolute Gasteiger partial charge is 0.495 e. The van der Waals surface area contributed by atoms with Gasteiger partial charge in [-0.15, -0.1) is 0 Å². The van der Waals surface area contributed by atoms with Gasteiger partial charge in [0.2, 0.25) is 5.91 Å². The molecule has 0 bridgehead atoms. The molecule has 1 aromatic rings. The van der Waals surface area contributed by atoms with E-state index in [1.807, 2.05) is 32.3 Å². The normalized spacial score (nSPS) is 15.1. The maximum Gasteiger partial charge on any atom is 0.244 e. The summed E-state index contributed by atoms with van der Waals surface area (Å²) in [6, 6.07) is 3.93. The lowest BCUT2D eigenvalue weighted by Gasteiger charge is -2.28. The first-order chi connectivity index (χ1) is 10.5. The van der Waals surface area contributed by atoms with Crippen LogP contribution in [0.3, 0.4) is 0 Å². The van der Waals surface area contributed by atoms with Crippen molar-refractivity contribution in [3.8, 4) is 5.75 Å². The third kappa shape index (κ3) is 3.18. The van der Waals surface area contributed by atoms with Gasteiger partial charge in [0.1, 0.15) is 11.4 Å². The van der Waals surface area contributed by atoms with E-state index in [4.69, 9.17) is 10.5 Å². The molecule has 1 saturated heterocycles. The lowest BCUT2D eigenvalue weighted by Crippen LogP contribution is -2.23. The number of hydrogen-bond donors (Lipinski definition) is 1. The number of amides is 1. The zero-order valence-electron chi connectivity index (χ0n) is 13.8. The van der Waals surface area contributed by atoms with Gasteiger partial charge in [0.15, 0.2) is 0 Å². The van der Waals surface area contributed by atoms with Crippen molar-refractivity contribution in [2.75, 3.05) is 44.1 Å². The molecule has 0 unspecified atom stereocenters. The quantitative estimate of drug-likeness (QED) is 0.848. The topological polar surface area (TPSA) is 58.8 Å². The number of nitrogens with zero attached hydrogens (tertiary/aromatic N) is 2. The predicted molar refractivity (Wildman–Crippen MR) is 91.6 cm³/mol. The Hall–Kier alpha value is -2.17. The Morgan fingerprint density at radius 3 is 2.45 bits per heavy atom. The molecule has 2 rings (SSSR count). The van der Waals surface area contributed by atoms with Crippen LogP contribution >= 0.6 is 0 Å². The number of primary amides is 1. The van der Waals surface area contributed by atoms with E-state index in [0.29, 0.717) is 5.57 Å². The van der Waals surface area contributed by atoms with Gasteiger partial charge >= 0.3 is 0 Å². The molecule has 1 aliphatic heterocycles. The average molecular weight is 303 g/mol. The number of ether oxygens (including phenoxy) is 1. The van der Waals surface area contributed by atoms with Crippen molar-refractivity contribution in [2.45, 2.75) is 19.8 Å². The monoisotopic (exact) mass is 303 g/mol. The van der Waals surface area contributed by atoms with E-state index < -0.39 is 5.91 Å². The van der Waals surface area contributed by atoms with Gasteiger partial charge in [0.25, 0.3) is 0 Å². The summed E-state index contributed by atoms with van der Waals surface area (Å²) in [6.07, 6.45) is 4.23. The second-order valence-electron chi connectivity index (χ2n) is 5.83. The number of benzene rings is 1. The molecule has 2 N–H and O–H groups in total. The third-order valence-corrected chi connectivity index (χ3v) is 4.00. The number of carbonyl (C=O) groups is 1. The molecule has 1 heterocycles. The summed E-state index contributed by atoms with van der Waals surface area (Å²) in [4.78, 5) is 15.8. The molecule has 0 aromatic heterocycles. The minimum atomic E-state index is -0.400. The molecule has 1 amide bonds. The van der Waals surface area contributed by atoms with Crippen LogP contribution in [0.15, 0.2) is 17.7 Å². The summed E-state index contributed by atoms with van der Waals surface area (Å²) in [7, 11) is 5.70. The molecule has 0 saturated carbocycles. The van der Waals surface area contributed by atoms with Crippen molar-refractivity contribution in [3.05, 3.63) is 23.3 Å². The van der Waals surface area contributed by atoms with Crippen LogP contribution in [0.2, 0.25) is 0 Å². The highest BCUT2D eigenvalue weighted by Gasteiger charge is 2.23. The Morgan fingerprint density at radius 2 is 1.95 bits per heavy atom. The van der Waals surface area contributed by atoms with Crippen LogP contribution in [-0.4, -0.2) is 40.2 Å². The van der Waals surface area contributed by atoms with E-state index in [2.05, 4.69) is 9.80 Å². The summed E-state index contributed by atoms with van der Waals surface area (Å²) >= 11 is 0. The van der Waals surface area contributed by atoms with Gasteiger partial charge in [0, 0.05) is 38.3 Å². The summed E-state index contributed by atoms with van der Waals surface area (Å²) in [6.45, 7) is 3.79. The zero-order chi connectivity index (χ0) is 16.3. The summed E-state index contributed by atoms with van der Waals surface area (Å²) in [5.74, 6) is 0.461. The number of methoxy groups -OCH3 is 1. The van der Waals surface area contributed by atoms with E-state index in [9.17, 15) is 4.79 Å². The highest BCUT2D eigenvalue weighted by atomic mass is 16.5. The van der Waals surface area contributed by atoms with Crippen molar-refractivity contribution in [1.29, 1.82) is 0 Å². The Kier molecular flexibility index (Phi) is 4.96. The molecule has 0 aliphatic carbocycles. The van der Waals surface area contributed by atoms with Gasteiger partial charge in [0.05, 0.1) is 12.8 Å². The molecule has 5 heteroatoms. The van der Waals surface area contributed by atoms with E-state index in [1.165, 1.54) is 12.8 Å². The lowest BCUT2D eigenvalue weighted by atomic mass is 10.1. The predicted octanol–water partition coefficient (Wildman–Crippen LogP) is 2.25. The zero-order valence-corrected chi connectivity index (χ0v) is 13.8. The highest BCUT2D eigenvalue weighted by molar-refractivity contribution is 5.98. The molecule has 120 valence electrons. The minimum absolute atomic E-state index is 0.400. The molecule has 0 atom stereocenters. The van der Waals surface area contributed by atoms with Crippen molar-refractivity contribution >= 4 is 23.4 Å². The minimum Gasteiger partial charge on any atom is -0.495 e. The molecular weight excluding hydrogens is 278 g/mol. The summed E-state index contributed by atoms with van der Waals surface area (Å²) < 4.78 is 5.58. The van der Waals surface area contributed by atoms with Gasteiger partial charge in [-0.05, 0) is 38.0 Å². The molecule has 22 heavy (non-hydrogen) atoms. The lowest BCUT2D eigenvalue weighted by molar-refractivity contribution is -0.114. The van der Waals surface area contributed by atoms with Crippen LogP contribution in [0.4, 0.5) is 11.4 Å². The van der Waals surface area contributed by atoms with E-state index in [1.54, 1.807) is 14.0 Å². The first kappa shape index (κ1) is 16.2. The van der Waals surface area contributed by atoms with Crippen molar-refractivity contribution < 1.29 is 9.53 Å². The fourth-order valence-electron chi connectivity index (χ4n) is 2.88. The number of rotatable bonds is 5. The first-order valence-corrected chi connectivity index (χ1v) is 7.57. The van der Waals surface area contributed by atoms with E-state index in [-0.39, 0.29) is 0 Å². The second-order valence-corrected chi connectivity index (χ2v) is 5.83. The maximum atomic E-state index is 11.4. The third-order valence-electron chi connectivity index (χ3n) is 4.00. The molecular formula is C17H25N3O2. The number of carbonyl (C=O) groups excluding carboxylic acids is 1. The van der Waals surface area contributed by atoms with Crippen molar-refractivity contribution in [2.24, 2.45) is 5.73 Å². The van der Waals surface area contributed by atoms with Crippen LogP contribution in [0.25, 0.3) is 6.08 Å². The highest BCUT2D eigenvalue weighted by Crippen LogP contribution is 2.42. The van der Waals surface area contributed by atoms with Crippen LogP contribution < -0.4 is 20.3 Å². The Balaban J connectivity index is 2.62. The van der Waals surface area contributed by atoms with Crippen LogP contribution in [0, 0.1) is 0 Å². The van der Waals surface area contributed by atoms with Crippen molar-refractivity contribution in [1.82, 2.24) is 0 Å².